The minimum atomic E-state index is -4.47. The quantitative estimate of drug-likeness (QED) is 0.892. The number of β-amino-alcohol motifs (C(OH)–C–C–N with tert-alkyl or cyclic N) is 1. The number of hydrogen-bond donors (Lipinski definition) is 1. The van der Waals surface area contributed by atoms with E-state index in [0.29, 0.717) is 4.68 Å². The lowest BCUT2D eigenvalue weighted by molar-refractivity contribution is -0.142. The lowest BCUT2D eigenvalue weighted by atomic mass is 9.90. The zero-order valence-electron chi connectivity index (χ0n) is 11.5. The van der Waals surface area contributed by atoms with Crippen LogP contribution in [-0.4, -0.2) is 53.0 Å². The van der Waals surface area contributed by atoms with E-state index in [1.54, 1.807) is 13.8 Å². The van der Waals surface area contributed by atoms with E-state index in [1.165, 1.54) is 0 Å². The molecular formula is C11H16F3N3O3S. The molecule has 0 radical (unpaired) electrons. The average Bonchev–Trinajstić information content (AvgIpc) is 2.83. The van der Waals surface area contributed by atoms with Crippen LogP contribution in [0.2, 0.25) is 0 Å². The third-order valence-corrected chi connectivity index (χ3v) is 5.22. The fourth-order valence-corrected chi connectivity index (χ4v) is 3.72. The van der Waals surface area contributed by atoms with Gasteiger partial charge in [0.15, 0.2) is 0 Å². The fraction of sp³-hybridized carbons (Fsp3) is 0.727. The summed E-state index contributed by atoms with van der Waals surface area (Å²) in [4.78, 5) is -0.309. The van der Waals surface area contributed by atoms with Crippen LogP contribution in [0.15, 0.2) is 17.3 Å². The predicted molar refractivity (Wildman–Crippen MR) is 66.8 cm³/mol. The Bertz CT molecular complexity index is 624. The predicted octanol–water partition coefficient (Wildman–Crippen LogP) is 0.837. The van der Waals surface area contributed by atoms with Gasteiger partial charge >= 0.3 is 6.18 Å². The van der Waals surface area contributed by atoms with E-state index in [1.807, 2.05) is 0 Å². The summed E-state index contributed by atoms with van der Waals surface area (Å²) in [5.41, 5.74) is -0.602. The van der Waals surface area contributed by atoms with Gasteiger partial charge in [0, 0.05) is 24.7 Å². The highest BCUT2D eigenvalue weighted by Gasteiger charge is 2.44. The van der Waals surface area contributed by atoms with Gasteiger partial charge in [-0.05, 0) is 0 Å². The van der Waals surface area contributed by atoms with Crippen LogP contribution in [0.3, 0.4) is 0 Å². The molecule has 1 fully saturated rings. The van der Waals surface area contributed by atoms with Gasteiger partial charge in [-0.25, -0.2) is 8.42 Å². The fourth-order valence-electron chi connectivity index (χ4n) is 2.14. The highest BCUT2D eigenvalue weighted by molar-refractivity contribution is 7.89. The van der Waals surface area contributed by atoms with Crippen LogP contribution in [0, 0.1) is 5.41 Å². The van der Waals surface area contributed by atoms with Gasteiger partial charge in [-0.1, -0.05) is 13.8 Å². The van der Waals surface area contributed by atoms with Gasteiger partial charge in [0.1, 0.15) is 11.4 Å². The lowest BCUT2D eigenvalue weighted by Gasteiger charge is -2.20. The second-order valence-electron chi connectivity index (χ2n) is 5.79. The SMILES string of the molecule is CC1(C)CN(S(=O)(=O)c2cnn(CC(F)(F)F)c2)CC1O. The number of aromatic nitrogens is 2. The van der Waals surface area contributed by atoms with Gasteiger partial charge < -0.3 is 5.11 Å². The summed E-state index contributed by atoms with van der Waals surface area (Å²) in [6.07, 6.45) is -3.56. The first kappa shape index (κ1) is 16.2. The van der Waals surface area contributed by atoms with Crippen molar-refractivity contribution in [2.75, 3.05) is 13.1 Å². The molecule has 1 aromatic rings. The van der Waals surface area contributed by atoms with E-state index in [4.69, 9.17) is 0 Å². The molecule has 21 heavy (non-hydrogen) atoms. The molecule has 120 valence electrons. The van der Waals surface area contributed by atoms with Gasteiger partial charge in [-0.15, -0.1) is 0 Å². The maximum absolute atomic E-state index is 12.3. The third-order valence-electron chi connectivity index (χ3n) is 3.45. The Kier molecular flexibility index (Phi) is 3.83. The van der Waals surface area contributed by atoms with Crippen molar-refractivity contribution in [2.24, 2.45) is 5.41 Å². The zero-order valence-corrected chi connectivity index (χ0v) is 12.3. The van der Waals surface area contributed by atoms with E-state index in [9.17, 15) is 26.7 Å². The van der Waals surface area contributed by atoms with Gasteiger partial charge in [-0.2, -0.15) is 22.6 Å². The number of halogens is 3. The topological polar surface area (TPSA) is 75.4 Å². The zero-order chi connectivity index (χ0) is 16.1. The van der Waals surface area contributed by atoms with Crippen molar-refractivity contribution in [2.45, 2.75) is 37.6 Å². The van der Waals surface area contributed by atoms with Crippen LogP contribution in [0.1, 0.15) is 13.8 Å². The molecule has 0 saturated carbocycles. The number of rotatable bonds is 3. The molecule has 0 amide bonds. The van der Waals surface area contributed by atoms with Crippen molar-refractivity contribution in [1.29, 1.82) is 0 Å². The highest BCUT2D eigenvalue weighted by atomic mass is 32.2. The molecule has 0 aromatic carbocycles. The Labute approximate surface area is 120 Å². The van der Waals surface area contributed by atoms with Crippen LogP contribution in [0.5, 0.6) is 0 Å². The normalized spacial score (nSPS) is 23.6. The number of aliphatic hydroxyl groups excluding tert-OH is 1. The molecule has 6 nitrogen and oxygen atoms in total. The van der Waals surface area contributed by atoms with E-state index in [-0.39, 0.29) is 18.0 Å². The molecule has 1 unspecified atom stereocenters. The van der Waals surface area contributed by atoms with Crippen molar-refractivity contribution in [1.82, 2.24) is 14.1 Å². The van der Waals surface area contributed by atoms with E-state index in [0.717, 1.165) is 16.7 Å². The Morgan fingerprint density at radius 2 is 2.10 bits per heavy atom. The molecule has 0 aliphatic carbocycles. The maximum atomic E-state index is 12.3. The van der Waals surface area contributed by atoms with E-state index >= 15 is 0 Å². The number of sulfonamides is 1. The summed E-state index contributed by atoms with van der Waals surface area (Å²) in [6.45, 7) is 2.11. The first-order chi connectivity index (χ1) is 9.42. The Morgan fingerprint density at radius 1 is 1.48 bits per heavy atom. The molecule has 1 aromatic heterocycles. The number of nitrogens with zero attached hydrogens (tertiary/aromatic N) is 3. The van der Waals surface area contributed by atoms with E-state index in [2.05, 4.69) is 5.10 Å². The molecule has 1 atom stereocenters. The Balaban J connectivity index is 2.22. The van der Waals surface area contributed by atoms with Gasteiger partial charge in [0.2, 0.25) is 10.0 Å². The number of alkyl halides is 3. The summed E-state index contributed by atoms with van der Waals surface area (Å²) in [5.74, 6) is 0. The van der Waals surface area contributed by atoms with Crippen LogP contribution < -0.4 is 0 Å². The molecule has 1 aliphatic heterocycles. The van der Waals surface area contributed by atoms with Crippen molar-refractivity contribution in [3.63, 3.8) is 0 Å². The van der Waals surface area contributed by atoms with Gasteiger partial charge in [0.25, 0.3) is 0 Å². The molecule has 0 spiro atoms. The molecule has 0 bridgehead atoms. The van der Waals surface area contributed by atoms with Crippen LogP contribution in [-0.2, 0) is 16.6 Å². The van der Waals surface area contributed by atoms with Crippen molar-refractivity contribution in [3.8, 4) is 0 Å². The molecule has 1 saturated heterocycles. The van der Waals surface area contributed by atoms with Crippen LogP contribution in [0.25, 0.3) is 0 Å². The summed E-state index contributed by atoms with van der Waals surface area (Å²) >= 11 is 0. The Hall–Kier alpha value is -1.13. The standard InChI is InChI=1S/C11H16F3N3O3S/c1-10(2)6-17(5-9(10)18)21(19,20)8-3-15-16(4-8)7-11(12,13)14/h3-4,9,18H,5-7H2,1-2H3. The second kappa shape index (κ2) is 4.96. The van der Waals surface area contributed by atoms with Gasteiger partial charge in [-0.3, -0.25) is 4.68 Å². The first-order valence-corrected chi connectivity index (χ1v) is 7.63. The molecule has 1 N–H and O–H groups in total. The monoisotopic (exact) mass is 327 g/mol. The van der Waals surface area contributed by atoms with E-state index < -0.39 is 34.3 Å². The van der Waals surface area contributed by atoms with Crippen molar-refractivity contribution >= 4 is 10.0 Å². The number of aliphatic hydroxyl groups is 1. The molecular weight excluding hydrogens is 311 g/mol. The summed E-state index contributed by atoms with van der Waals surface area (Å²) in [7, 11) is -3.95. The maximum Gasteiger partial charge on any atom is 0.408 e. The van der Waals surface area contributed by atoms with Gasteiger partial charge in [0.05, 0.1) is 12.3 Å². The molecule has 10 heteroatoms. The molecule has 2 rings (SSSR count). The third kappa shape index (κ3) is 3.38. The molecule has 1 aliphatic rings. The minimum absolute atomic E-state index is 0.0835. The van der Waals surface area contributed by atoms with Crippen LogP contribution >= 0.6 is 0 Å². The lowest BCUT2D eigenvalue weighted by Crippen LogP contribution is -2.30. The smallest absolute Gasteiger partial charge is 0.391 e. The largest absolute Gasteiger partial charge is 0.408 e. The average molecular weight is 327 g/mol. The Morgan fingerprint density at radius 3 is 2.57 bits per heavy atom. The summed E-state index contributed by atoms with van der Waals surface area (Å²) in [6, 6.07) is 0. The highest BCUT2D eigenvalue weighted by Crippen LogP contribution is 2.33. The number of hydrogen-bond acceptors (Lipinski definition) is 4. The first-order valence-electron chi connectivity index (χ1n) is 6.19. The molecule has 2 heterocycles. The van der Waals surface area contributed by atoms with Crippen molar-refractivity contribution in [3.05, 3.63) is 12.4 Å². The minimum Gasteiger partial charge on any atom is -0.391 e. The van der Waals surface area contributed by atoms with Crippen molar-refractivity contribution < 1.29 is 26.7 Å². The second-order valence-corrected chi connectivity index (χ2v) is 7.73. The summed E-state index contributed by atoms with van der Waals surface area (Å²) in [5, 5.41) is 13.2. The van der Waals surface area contributed by atoms with Crippen LogP contribution in [0.4, 0.5) is 13.2 Å². The summed E-state index contributed by atoms with van der Waals surface area (Å²) < 4.78 is 63.0.